The van der Waals surface area contributed by atoms with Gasteiger partial charge in [0, 0.05) is 28.9 Å². The Morgan fingerprint density at radius 3 is 2.67 bits per heavy atom. The van der Waals surface area contributed by atoms with E-state index in [2.05, 4.69) is 39.0 Å². The average molecular weight is 348 g/mol. The van der Waals surface area contributed by atoms with Crippen molar-refractivity contribution in [3.63, 3.8) is 0 Å². The lowest BCUT2D eigenvalue weighted by Gasteiger charge is -2.52. The first kappa shape index (κ1) is 13.8. The van der Waals surface area contributed by atoms with Crippen molar-refractivity contribution in [1.82, 2.24) is 4.90 Å². The van der Waals surface area contributed by atoms with E-state index in [0.717, 1.165) is 24.0 Å². The third-order valence-corrected chi connectivity index (χ3v) is 6.16. The summed E-state index contributed by atoms with van der Waals surface area (Å²) in [5.41, 5.74) is 1.82. The molecule has 0 radical (unpaired) electrons. The predicted octanol–water partition coefficient (Wildman–Crippen LogP) is 4.35. The molecule has 3 aliphatic rings. The molecule has 21 heavy (non-hydrogen) atoms. The van der Waals surface area contributed by atoms with Crippen molar-refractivity contribution in [2.45, 2.75) is 44.4 Å². The van der Waals surface area contributed by atoms with Gasteiger partial charge in [-0.1, -0.05) is 47.3 Å². The van der Waals surface area contributed by atoms with E-state index < -0.39 is 0 Å². The van der Waals surface area contributed by atoms with Crippen LogP contribution in [0.25, 0.3) is 0 Å². The largest absolute Gasteiger partial charge is 0.341 e. The minimum atomic E-state index is 0.250. The van der Waals surface area contributed by atoms with Gasteiger partial charge in [0.2, 0.25) is 5.91 Å². The van der Waals surface area contributed by atoms with Gasteiger partial charge in [-0.15, -0.1) is 0 Å². The molecule has 1 aromatic rings. The Morgan fingerprint density at radius 1 is 1.19 bits per heavy atom. The van der Waals surface area contributed by atoms with Crippen molar-refractivity contribution < 1.29 is 4.79 Å². The third kappa shape index (κ3) is 2.54. The van der Waals surface area contributed by atoms with Crippen LogP contribution in [0.4, 0.5) is 0 Å². The van der Waals surface area contributed by atoms with Gasteiger partial charge in [0.05, 0.1) is 0 Å². The highest BCUT2D eigenvalue weighted by molar-refractivity contribution is 9.10. The third-order valence-electron chi connectivity index (χ3n) is 5.66. The van der Waals surface area contributed by atoms with E-state index in [4.69, 9.17) is 0 Å². The maximum Gasteiger partial charge on any atom is 0.226 e. The number of nitrogens with zero attached hydrogens (tertiary/aromatic N) is 1. The molecule has 2 atom stereocenters. The number of amides is 1. The van der Waals surface area contributed by atoms with Crippen LogP contribution >= 0.6 is 15.9 Å². The van der Waals surface area contributed by atoms with Crippen molar-refractivity contribution in [1.29, 1.82) is 0 Å². The molecule has 1 amide bonds. The lowest BCUT2D eigenvalue weighted by molar-refractivity contribution is -0.147. The van der Waals surface area contributed by atoms with E-state index >= 15 is 0 Å². The molecule has 0 aromatic heterocycles. The van der Waals surface area contributed by atoms with Gasteiger partial charge >= 0.3 is 0 Å². The van der Waals surface area contributed by atoms with Gasteiger partial charge in [-0.25, -0.2) is 0 Å². The minimum absolute atomic E-state index is 0.250. The van der Waals surface area contributed by atoms with Gasteiger partial charge in [0.15, 0.2) is 0 Å². The van der Waals surface area contributed by atoms with Crippen LogP contribution in [0, 0.1) is 11.3 Å². The highest BCUT2D eigenvalue weighted by Crippen LogP contribution is 2.51. The summed E-state index contributed by atoms with van der Waals surface area (Å²) in [7, 11) is 0. The van der Waals surface area contributed by atoms with Crippen molar-refractivity contribution >= 4 is 21.8 Å². The first-order valence-corrected chi connectivity index (χ1v) is 9.00. The van der Waals surface area contributed by atoms with Crippen molar-refractivity contribution in [2.24, 2.45) is 11.3 Å². The van der Waals surface area contributed by atoms with E-state index in [-0.39, 0.29) is 5.92 Å². The number of carbonyl (C=O) groups excluding carboxylic acids is 1. The van der Waals surface area contributed by atoms with Crippen molar-refractivity contribution in [2.75, 3.05) is 13.1 Å². The second-order valence-corrected chi connectivity index (χ2v) is 8.17. The summed E-state index contributed by atoms with van der Waals surface area (Å²) in [6.07, 6.45) is 7.85. The zero-order valence-electron chi connectivity index (χ0n) is 12.4. The number of halogens is 1. The van der Waals surface area contributed by atoms with Crippen molar-refractivity contribution in [3.05, 3.63) is 34.3 Å². The molecule has 0 bridgehead atoms. The summed E-state index contributed by atoms with van der Waals surface area (Å²) in [6.45, 7) is 2.07. The van der Waals surface area contributed by atoms with Crippen LogP contribution in [0.3, 0.4) is 0 Å². The van der Waals surface area contributed by atoms with E-state index in [1.165, 1.54) is 37.7 Å². The molecule has 0 unspecified atom stereocenters. The van der Waals surface area contributed by atoms with E-state index in [9.17, 15) is 4.79 Å². The summed E-state index contributed by atoms with van der Waals surface area (Å²) < 4.78 is 1.11. The molecule has 3 heteroatoms. The quantitative estimate of drug-likeness (QED) is 0.778. The fraction of sp³-hybridized carbons (Fsp3) is 0.611. The van der Waals surface area contributed by atoms with Crippen LogP contribution in [0.1, 0.15) is 50.0 Å². The molecule has 3 fully saturated rings. The number of hydrogen-bond donors (Lipinski definition) is 0. The molecular formula is C18H22BrNO. The van der Waals surface area contributed by atoms with Gasteiger partial charge in [-0.2, -0.15) is 0 Å². The Hall–Kier alpha value is -0.830. The molecular weight excluding hydrogens is 326 g/mol. The van der Waals surface area contributed by atoms with Gasteiger partial charge < -0.3 is 4.90 Å². The number of carbonyl (C=O) groups is 1. The van der Waals surface area contributed by atoms with Crippen LogP contribution in [0.2, 0.25) is 0 Å². The molecule has 1 aliphatic heterocycles. The smallest absolute Gasteiger partial charge is 0.226 e. The zero-order chi connectivity index (χ0) is 14.4. The molecule has 2 nitrogen and oxygen atoms in total. The van der Waals surface area contributed by atoms with Crippen LogP contribution in [0.15, 0.2) is 28.7 Å². The summed E-state index contributed by atoms with van der Waals surface area (Å²) in [5.74, 6) is 1.12. The van der Waals surface area contributed by atoms with E-state index in [1.807, 2.05) is 6.07 Å². The molecule has 112 valence electrons. The topological polar surface area (TPSA) is 20.3 Å². The first-order valence-electron chi connectivity index (χ1n) is 8.21. The standard InChI is InChI=1S/C18H22BrNO/c19-14-6-4-5-13(9-14)15-10-16(15)17(21)20-11-18(12-20)7-2-1-3-8-18/h4-6,9,15-16H,1-3,7-8,10-12H2/t15-,16-/m1/s1. The van der Waals surface area contributed by atoms with Gasteiger partial charge in [0.25, 0.3) is 0 Å². The van der Waals surface area contributed by atoms with Gasteiger partial charge in [-0.3, -0.25) is 4.79 Å². The Kier molecular flexibility index (Phi) is 3.36. The Morgan fingerprint density at radius 2 is 1.95 bits per heavy atom. The molecule has 2 saturated carbocycles. The monoisotopic (exact) mass is 347 g/mol. The lowest BCUT2D eigenvalue weighted by atomic mass is 9.68. The number of likely N-dealkylation sites (tertiary alicyclic amines) is 1. The Labute approximate surface area is 135 Å². The van der Waals surface area contributed by atoms with Crippen molar-refractivity contribution in [3.8, 4) is 0 Å². The SMILES string of the molecule is O=C([C@@H]1C[C@@H]1c1cccc(Br)c1)N1CC2(CCCCC2)C1. The highest BCUT2D eigenvalue weighted by atomic mass is 79.9. The molecule has 4 rings (SSSR count). The van der Waals surface area contributed by atoms with Gasteiger partial charge in [-0.05, 0) is 42.9 Å². The van der Waals surface area contributed by atoms with E-state index in [0.29, 0.717) is 17.2 Å². The summed E-state index contributed by atoms with van der Waals surface area (Å²) in [4.78, 5) is 14.7. The van der Waals surface area contributed by atoms with Gasteiger partial charge in [0.1, 0.15) is 0 Å². The normalized spacial score (nSPS) is 30.0. The molecule has 1 spiro atoms. The minimum Gasteiger partial charge on any atom is -0.341 e. The zero-order valence-corrected chi connectivity index (χ0v) is 13.9. The predicted molar refractivity (Wildman–Crippen MR) is 87.1 cm³/mol. The summed E-state index contributed by atoms with van der Waals surface area (Å²) >= 11 is 3.52. The van der Waals surface area contributed by atoms with Crippen LogP contribution in [-0.4, -0.2) is 23.9 Å². The Bertz CT molecular complexity index is 556. The fourth-order valence-electron chi connectivity index (χ4n) is 4.35. The molecule has 1 aromatic carbocycles. The molecule has 0 N–H and O–H groups in total. The average Bonchev–Trinajstić information content (AvgIpc) is 3.25. The Balaban J connectivity index is 1.36. The van der Waals surface area contributed by atoms with Crippen LogP contribution < -0.4 is 0 Å². The number of hydrogen-bond acceptors (Lipinski definition) is 1. The number of benzene rings is 1. The summed E-state index contributed by atoms with van der Waals surface area (Å²) in [5, 5.41) is 0. The highest BCUT2D eigenvalue weighted by Gasteiger charge is 2.52. The number of rotatable bonds is 2. The second-order valence-electron chi connectivity index (χ2n) is 7.26. The first-order chi connectivity index (χ1) is 10.2. The summed E-state index contributed by atoms with van der Waals surface area (Å²) in [6, 6.07) is 8.43. The molecule has 1 saturated heterocycles. The molecule has 2 aliphatic carbocycles. The molecule has 1 heterocycles. The van der Waals surface area contributed by atoms with Crippen LogP contribution in [0.5, 0.6) is 0 Å². The lowest BCUT2D eigenvalue weighted by Crippen LogP contribution is -2.59. The fourth-order valence-corrected chi connectivity index (χ4v) is 4.76. The maximum atomic E-state index is 12.6. The maximum absolute atomic E-state index is 12.6. The van der Waals surface area contributed by atoms with E-state index in [1.54, 1.807) is 0 Å². The second kappa shape index (κ2) is 5.12. The van der Waals surface area contributed by atoms with Crippen LogP contribution in [-0.2, 0) is 4.79 Å².